The summed E-state index contributed by atoms with van der Waals surface area (Å²) in [6.07, 6.45) is 9.48. The Labute approximate surface area is 206 Å². The molecule has 1 aromatic carbocycles. The average molecular weight is 484 g/mol. The molecule has 6 nitrogen and oxygen atoms in total. The second-order valence-electron chi connectivity index (χ2n) is 9.26. The molecule has 34 heavy (non-hydrogen) atoms. The Morgan fingerprint density at radius 2 is 2.00 bits per heavy atom. The number of nitrogens with one attached hydrogen (secondary N) is 2. The lowest BCUT2D eigenvalue weighted by atomic mass is 9.81. The summed E-state index contributed by atoms with van der Waals surface area (Å²) in [5.41, 5.74) is 2.19. The summed E-state index contributed by atoms with van der Waals surface area (Å²) in [5.74, 6) is -0.430. The average Bonchev–Trinajstić information content (AvgIpc) is 3.27. The first-order valence-electron chi connectivity index (χ1n) is 12.5. The standard InChI is InChI=1S/C27H37N3O3S/c1-4-18-11-13-23-24(15-18)34-26(29-23)17-20(16-25(32)28-3)27(33)30-22(14-12-21(31)5-2)19-9-7-6-8-10-19/h5,11,13,15,19-20,22H,2,4,6-10,12,14,16-17H2,1,3H3,(H,28,32)(H,30,33)/t20-,22+/m0/s1. The van der Waals surface area contributed by atoms with Crippen molar-refractivity contribution in [2.45, 2.75) is 77.2 Å². The lowest BCUT2D eigenvalue weighted by Crippen LogP contribution is -2.45. The van der Waals surface area contributed by atoms with Crippen LogP contribution in [-0.2, 0) is 27.2 Å². The van der Waals surface area contributed by atoms with Crippen molar-refractivity contribution in [3.63, 3.8) is 0 Å². The van der Waals surface area contributed by atoms with Crippen LogP contribution in [-0.4, -0.2) is 35.7 Å². The summed E-state index contributed by atoms with van der Waals surface area (Å²) in [4.78, 5) is 42.3. The molecule has 1 aliphatic rings. The Balaban J connectivity index is 1.77. The van der Waals surface area contributed by atoms with Gasteiger partial charge in [-0.2, -0.15) is 0 Å². The van der Waals surface area contributed by atoms with Crippen LogP contribution >= 0.6 is 11.3 Å². The third-order valence-corrected chi connectivity index (χ3v) is 7.92. The predicted octanol–water partition coefficient (Wildman–Crippen LogP) is 4.75. The van der Waals surface area contributed by atoms with Gasteiger partial charge in [-0.25, -0.2) is 4.98 Å². The van der Waals surface area contributed by atoms with Gasteiger partial charge in [0.15, 0.2) is 5.78 Å². The van der Waals surface area contributed by atoms with E-state index in [1.54, 1.807) is 18.4 Å². The first kappa shape index (κ1) is 26.1. The lowest BCUT2D eigenvalue weighted by molar-refractivity contribution is -0.131. The molecule has 2 N–H and O–H groups in total. The van der Waals surface area contributed by atoms with Crippen LogP contribution in [0.5, 0.6) is 0 Å². The van der Waals surface area contributed by atoms with Crippen LogP contribution in [0.2, 0.25) is 0 Å². The molecule has 3 rings (SSSR count). The fourth-order valence-corrected chi connectivity index (χ4v) is 5.89. The van der Waals surface area contributed by atoms with Crippen molar-refractivity contribution in [3.05, 3.63) is 41.4 Å². The van der Waals surface area contributed by atoms with Crippen molar-refractivity contribution in [3.8, 4) is 0 Å². The minimum atomic E-state index is -0.507. The molecule has 2 atom stereocenters. The van der Waals surface area contributed by atoms with Gasteiger partial charge in [0.05, 0.1) is 21.1 Å². The van der Waals surface area contributed by atoms with E-state index in [-0.39, 0.29) is 30.1 Å². The van der Waals surface area contributed by atoms with Crippen LogP contribution in [0.3, 0.4) is 0 Å². The van der Waals surface area contributed by atoms with Gasteiger partial charge < -0.3 is 10.6 Å². The topological polar surface area (TPSA) is 88.2 Å². The predicted molar refractivity (Wildman–Crippen MR) is 138 cm³/mol. The third-order valence-electron chi connectivity index (χ3n) is 6.88. The second-order valence-corrected chi connectivity index (χ2v) is 10.4. The van der Waals surface area contributed by atoms with Gasteiger partial charge in [0.1, 0.15) is 0 Å². The number of thiazole rings is 1. The van der Waals surface area contributed by atoms with E-state index in [1.165, 1.54) is 18.1 Å². The monoisotopic (exact) mass is 483 g/mol. The largest absolute Gasteiger partial charge is 0.359 e. The summed E-state index contributed by atoms with van der Waals surface area (Å²) in [6, 6.07) is 6.20. The summed E-state index contributed by atoms with van der Waals surface area (Å²) in [6.45, 7) is 5.69. The maximum atomic E-state index is 13.5. The molecular weight excluding hydrogens is 446 g/mol. The van der Waals surface area contributed by atoms with Crippen LogP contribution in [0.25, 0.3) is 10.2 Å². The Hall–Kier alpha value is -2.54. The number of allylic oxidation sites excluding steroid dienone is 1. The van der Waals surface area contributed by atoms with Crippen LogP contribution in [0, 0.1) is 11.8 Å². The maximum Gasteiger partial charge on any atom is 0.224 e. The van der Waals surface area contributed by atoms with Gasteiger partial charge in [-0.3, -0.25) is 14.4 Å². The smallest absolute Gasteiger partial charge is 0.224 e. The Kier molecular flexibility index (Phi) is 9.81. The molecular formula is C27H37N3O3S. The van der Waals surface area contributed by atoms with Crippen molar-refractivity contribution in [1.82, 2.24) is 15.6 Å². The molecule has 2 amide bonds. The van der Waals surface area contributed by atoms with Gasteiger partial charge in [-0.1, -0.05) is 38.8 Å². The Morgan fingerprint density at radius 1 is 1.24 bits per heavy atom. The highest BCUT2D eigenvalue weighted by Gasteiger charge is 2.30. The molecule has 0 bridgehead atoms. The number of rotatable bonds is 12. The highest BCUT2D eigenvalue weighted by Crippen LogP contribution is 2.30. The van der Waals surface area contributed by atoms with E-state index in [0.717, 1.165) is 47.3 Å². The van der Waals surface area contributed by atoms with E-state index < -0.39 is 5.92 Å². The molecule has 1 heterocycles. The summed E-state index contributed by atoms with van der Waals surface area (Å²) >= 11 is 1.59. The number of benzene rings is 1. The molecule has 0 unspecified atom stereocenters. The number of fused-ring (bicyclic) bond motifs is 1. The van der Waals surface area contributed by atoms with E-state index in [9.17, 15) is 14.4 Å². The number of nitrogens with zero attached hydrogens (tertiary/aromatic N) is 1. The third kappa shape index (κ3) is 7.23. The molecule has 0 spiro atoms. The van der Waals surface area contributed by atoms with E-state index >= 15 is 0 Å². The molecule has 0 radical (unpaired) electrons. The molecule has 1 aliphatic carbocycles. The molecule has 7 heteroatoms. The zero-order valence-corrected chi connectivity index (χ0v) is 21.2. The van der Waals surface area contributed by atoms with Crippen molar-refractivity contribution >= 4 is 39.2 Å². The molecule has 184 valence electrons. The van der Waals surface area contributed by atoms with E-state index in [2.05, 4.69) is 36.3 Å². The maximum absolute atomic E-state index is 13.5. The number of amides is 2. The zero-order chi connectivity index (χ0) is 24.5. The highest BCUT2D eigenvalue weighted by atomic mass is 32.1. The zero-order valence-electron chi connectivity index (χ0n) is 20.4. The van der Waals surface area contributed by atoms with Crippen LogP contribution in [0.15, 0.2) is 30.9 Å². The molecule has 2 aromatic rings. The first-order valence-corrected chi connectivity index (χ1v) is 13.3. The van der Waals surface area contributed by atoms with Gasteiger partial charge >= 0.3 is 0 Å². The first-order chi connectivity index (χ1) is 16.4. The normalized spacial score (nSPS) is 16.1. The fourth-order valence-electron chi connectivity index (χ4n) is 4.78. The number of carbonyl (C=O) groups excluding carboxylic acids is 3. The molecule has 1 saturated carbocycles. The number of carbonyl (C=O) groups is 3. The van der Waals surface area contributed by atoms with Crippen molar-refractivity contribution in [2.24, 2.45) is 11.8 Å². The van der Waals surface area contributed by atoms with Gasteiger partial charge in [0.2, 0.25) is 11.8 Å². The molecule has 0 aliphatic heterocycles. The van der Waals surface area contributed by atoms with Crippen molar-refractivity contribution < 1.29 is 14.4 Å². The number of hydrogen-bond donors (Lipinski definition) is 2. The minimum Gasteiger partial charge on any atom is -0.359 e. The van der Waals surface area contributed by atoms with E-state index in [0.29, 0.717) is 25.2 Å². The van der Waals surface area contributed by atoms with Gasteiger partial charge in [-0.05, 0) is 55.4 Å². The molecule has 0 saturated heterocycles. The van der Waals surface area contributed by atoms with Gasteiger partial charge in [0, 0.05) is 32.4 Å². The summed E-state index contributed by atoms with van der Waals surface area (Å²) in [5, 5.41) is 6.75. The van der Waals surface area contributed by atoms with Crippen LogP contribution in [0.1, 0.15) is 68.9 Å². The van der Waals surface area contributed by atoms with Crippen molar-refractivity contribution in [1.29, 1.82) is 0 Å². The second kappa shape index (κ2) is 12.8. The highest BCUT2D eigenvalue weighted by molar-refractivity contribution is 7.18. The summed E-state index contributed by atoms with van der Waals surface area (Å²) < 4.78 is 1.11. The van der Waals surface area contributed by atoms with Gasteiger partial charge in [-0.15, -0.1) is 11.3 Å². The van der Waals surface area contributed by atoms with Crippen molar-refractivity contribution in [2.75, 3.05) is 7.05 Å². The number of ketones is 1. The Morgan fingerprint density at radius 3 is 2.68 bits per heavy atom. The van der Waals surface area contributed by atoms with E-state index in [4.69, 9.17) is 4.98 Å². The number of aromatic nitrogens is 1. The van der Waals surface area contributed by atoms with Crippen LogP contribution < -0.4 is 10.6 Å². The summed E-state index contributed by atoms with van der Waals surface area (Å²) in [7, 11) is 1.59. The fraction of sp³-hybridized carbons (Fsp3) is 0.556. The SMILES string of the molecule is C=CC(=O)CC[C@@H](NC(=O)[C@@H](CC(=O)NC)Cc1nc2ccc(CC)cc2s1)C1CCCCC1. The van der Waals surface area contributed by atoms with Crippen LogP contribution in [0.4, 0.5) is 0 Å². The number of hydrogen-bond acceptors (Lipinski definition) is 5. The minimum absolute atomic E-state index is 0.00195. The number of aryl methyl sites for hydroxylation is 1. The Bertz CT molecular complexity index is 1010. The van der Waals surface area contributed by atoms with E-state index in [1.807, 2.05) is 6.07 Å². The quantitative estimate of drug-likeness (QED) is 0.426. The molecule has 1 aromatic heterocycles. The molecule has 1 fully saturated rings. The lowest BCUT2D eigenvalue weighted by Gasteiger charge is -2.32. The van der Waals surface area contributed by atoms with Gasteiger partial charge in [0.25, 0.3) is 0 Å².